The van der Waals surface area contributed by atoms with Crippen molar-refractivity contribution in [2.45, 2.75) is 6.92 Å². The SMILES string of the molecule is C/C=C/c1ccc(C=O)c([NH+]=O)c1. The molecular weight excluding hydrogens is 166 g/mol. The molecule has 0 unspecified atom stereocenters. The molecule has 1 N–H and O–H groups in total. The molecule has 0 saturated carbocycles. The summed E-state index contributed by atoms with van der Waals surface area (Å²) in [5.41, 5.74) is 1.58. The summed E-state index contributed by atoms with van der Waals surface area (Å²) in [6.07, 6.45) is 4.37. The molecule has 1 aromatic rings. The van der Waals surface area contributed by atoms with E-state index in [1.54, 1.807) is 23.4 Å². The normalized spacial score (nSPS) is 10.2. The topological polar surface area (TPSA) is 48.1 Å². The minimum Gasteiger partial charge on any atom is -0.298 e. The predicted octanol–water partition coefficient (Wildman–Crippen LogP) is 1.01. The second-order valence-electron chi connectivity index (χ2n) is 2.57. The van der Waals surface area contributed by atoms with Crippen LogP contribution in [0.5, 0.6) is 0 Å². The zero-order chi connectivity index (χ0) is 9.68. The Bertz CT molecular complexity index is 356. The van der Waals surface area contributed by atoms with Crippen molar-refractivity contribution < 1.29 is 9.97 Å². The summed E-state index contributed by atoms with van der Waals surface area (Å²) in [5, 5.41) is 1.73. The molecule has 0 aromatic heterocycles. The fraction of sp³-hybridized carbons (Fsp3) is 0.100. The first-order valence-electron chi connectivity index (χ1n) is 3.92. The van der Waals surface area contributed by atoms with Gasteiger partial charge in [0, 0.05) is 16.2 Å². The number of aldehydes is 1. The van der Waals surface area contributed by atoms with Gasteiger partial charge in [-0.05, 0) is 18.6 Å². The number of carbonyl (C=O) groups is 1. The molecule has 0 amide bonds. The molecule has 1 aromatic carbocycles. The summed E-state index contributed by atoms with van der Waals surface area (Å²) in [5.74, 6) is 0. The van der Waals surface area contributed by atoms with Crippen molar-refractivity contribution in [2.24, 2.45) is 0 Å². The molecule has 1 rings (SSSR count). The van der Waals surface area contributed by atoms with Crippen LogP contribution in [0.15, 0.2) is 24.3 Å². The number of carbonyl (C=O) groups excluding carboxylic acids is 1. The minimum atomic E-state index is 0.311. The Morgan fingerprint density at radius 2 is 2.15 bits per heavy atom. The maximum atomic E-state index is 10.5. The summed E-state index contributed by atoms with van der Waals surface area (Å²) in [6, 6.07) is 5.03. The van der Waals surface area contributed by atoms with Crippen LogP contribution in [-0.4, -0.2) is 6.29 Å². The number of allylic oxidation sites excluding steroid dienone is 1. The van der Waals surface area contributed by atoms with E-state index in [1.807, 2.05) is 19.1 Å². The zero-order valence-electron chi connectivity index (χ0n) is 7.28. The van der Waals surface area contributed by atoms with Gasteiger partial charge < -0.3 is 0 Å². The third-order valence-corrected chi connectivity index (χ3v) is 1.67. The standard InChI is InChI=1S/C10H9NO2/c1-2-3-8-4-5-9(7-12)10(6-8)11-13/h2-7H,1H3/p+1/b3-2+. The van der Waals surface area contributed by atoms with Gasteiger partial charge in [-0.15, -0.1) is 0 Å². The number of hydrogen-bond acceptors (Lipinski definition) is 2. The maximum absolute atomic E-state index is 10.5. The van der Waals surface area contributed by atoms with Crippen LogP contribution in [0, 0.1) is 4.91 Å². The van der Waals surface area contributed by atoms with E-state index in [4.69, 9.17) is 0 Å². The van der Waals surface area contributed by atoms with Crippen LogP contribution in [0.25, 0.3) is 6.08 Å². The van der Waals surface area contributed by atoms with Crippen LogP contribution >= 0.6 is 0 Å². The highest BCUT2D eigenvalue weighted by atomic mass is 16.3. The quantitative estimate of drug-likeness (QED) is 0.699. The van der Waals surface area contributed by atoms with Gasteiger partial charge >= 0.3 is 0 Å². The lowest BCUT2D eigenvalue weighted by Gasteiger charge is -1.92. The lowest BCUT2D eigenvalue weighted by molar-refractivity contribution is -0.379. The van der Waals surface area contributed by atoms with Gasteiger partial charge in [0.25, 0.3) is 5.69 Å². The first-order chi connectivity index (χ1) is 6.31. The zero-order valence-corrected chi connectivity index (χ0v) is 7.28. The summed E-state index contributed by atoms with van der Waals surface area (Å²) >= 11 is 0. The summed E-state index contributed by atoms with van der Waals surface area (Å²) in [7, 11) is 0. The van der Waals surface area contributed by atoms with Crippen LogP contribution in [0.3, 0.4) is 0 Å². The molecule has 66 valence electrons. The van der Waals surface area contributed by atoms with Crippen molar-refractivity contribution in [3.05, 3.63) is 40.3 Å². The average Bonchev–Trinajstić information content (AvgIpc) is 2.18. The molecule has 3 heteroatoms. The Labute approximate surface area is 76.1 Å². The van der Waals surface area contributed by atoms with Crippen molar-refractivity contribution >= 4 is 18.0 Å². The van der Waals surface area contributed by atoms with Crippen molar-refractivity contribution in [3.8, 4) is 0 Å². The summed E-state index contributed by atoms with van der Waals surface area (Å²) in [4.78, 5) is 20.9. The molecule has 0 bridgehead atoms. The van der Waals surface area contributed by atoms with Gasteiger partial charge in [-0.2, -0.15) is 0 Å². The number of rotatable bonds is 3. The third kappa shape index (κ3) is 2.08. The first kappa shape index (κ1) is 9.32. The van der Waals surface area contributed by atoms with E-state index in [9.17, 15) is 9.70 Å². The predicted molar refractivity (Wildman–Crippen MR) is 50.5 cm³/mol. The molecular formula is C10H10NO2+. The lowest BCUT2D eigenvalue weighted by Crippen LogP contribution is -2.56. The van der Waals surface area contributed by atoms with E-state index in [0.29, 0.717) is 17.5 Å². The molecule has 0 spiro atoms. The van der Waals surface area contributed by atoms with E-state index < -0.39 is 0 Å². The molecule has 0 aliphatic carbocycles. The fourth-order valence-corrected chi connectivity index (χ4v) is 1.06. The van der Waals surface area contributed by atoms with Gasteiger partial charge in [0.05, 0.1) is 5.56 Å². The van der Waals surface area contributed by atoms with Gasteiger partial charge in [0.1, 0.15) is 0 Å². The molecule has 0 atom stereocenters. The summed E-state index contributed by atoms with van der Waals surface area (Å²) < 4.78 is 0. The minimum absolute atomic E-state index is 0.311. The monoisotopic (exact) mass is 176 g/mol. The van der Waals surface area contributed by atoms with Gasteiger partial charge in [0.15, 0.2) is 6.29 Å². The van der Waals surface area contributed by atoms with Crippen molar-refractivity contribution in [1.29, 1.82) is 0 Å². The maximum Gasteiger partial charge on any atom is 0.264 e. The summed E-state index contributed by atoms with van der Waals surface area (Å²) in [6.45, 7) is 1.89. The second-order valence-corrected chi connectivity index (χ2v) is 2.57. The fourth-order valence-electron chi connectivity index (χ4n) is 1.06. The Morgan fingerprint density at radius 3 is 2.69 bits per heavy atom. The Hall–Kier alpha value is -1.77. The highest BCUT2D eigenvalue weighted by Gasteiger charge is 2.06. The van der Waals surface area contributed by atoms with Crippen molar-refractivity contribution in [3.63, 3.8) is 0 Å². The molecule has 0 aliphatic rings. The van der Waals surface area contributed by atoms with E-state index in [2.05, 4.69) is 0 Å². The van der Waals surface area contributed by atoms with Gasteiger partial charge in [0.2, 0.25) is 0 Å². The molecule has 0 aliphatic heterocycles. The smallest absolute Gasteiger partial charge is 0.264 e. The van der Waals surface area contributed by atoms with Gasteiger partial charge in [-0.25, -0.2) is 0 Å². The number of nitroso groups, excluding NO2 is 1. The van der Waals surface area contributed by atoms with Crippen LogP contribution < -0.4 is 5.18 Å². The van der Waals surface area contributed by atoms with Gasteiger partial charge in [-0.1, -0.05) is 18.2 Å². The van der Waals surface area contributed by atoms with E-state index in [0.717, 1.165) is 5.56 Å². The highest BCUT2D eigenvalue weighted by Crippen LogP contribution is 2.11. The molecule has 13 heavy (non-hydrogen) atoms. The highest BCUT2D eigenvalue weighted by molar-refractivity contribution is 5.82. The molecule has 0 heterocycles. The number of hydrogen-bond donors (Lipinski definition) is 1. The van der Waals surface area contributed by atoms with E-state index >= 15 is 0 Å². The first-order valence-corrected chi connectivity index (χ1v) is 3.92. The Kier molecular flexibility index (Phi) is 3.09. The average molecular weight is 176 g/mol. The van der Waals surface area contributed by atoms with Crippen molar-refractivity contribution in [1.82, 2.24) is 0 Å². The van der Waals surface area contributed by atoms with E-state index in [1.165, 1.54) is 0 Å². The molecule has 0 fully saturated rings. The number of benzene rings is 1. The largest absolute Gasteiger partial charge is 0.298 e. The molecule has 3 nitrogen and oxygen atoms in total. The molecule has 0 radical (unpaired) electrons. The Balaban J connectivity index is 3.19. The Morgan fingerprint density at radius 1 is 1.38 bits per heavy atom. The molecule has 0 saturated heterocycles. The lowest BCUT2D eigenvalue weighted by atomic mass is 10.1. The van der Waals surface area contributed by atoms with E-state index in [-0.39, 0.29) is 0 Å². The van der Waals surface area contributed by atoms with Crippen LogP contribution in [-0.2, 0) is 0 Å². The number of nitrogens with one attached hydrogen (secondary N) is 1. The second kappa shape index (κ2) is 4.30. The van der Waals surface area contributed by atoms with Gasteiger partial charge in [-0.3, -0.25) is 4.79 Å². The van der Waals surface area contributed by atoms with Crippen LogP contribution in [0.4, 0.5) is 5.69 Å². The third-order valence-electron chi connectivity index (χ3n) is 1.67. The van der Waals surface area contributed by atoms with Crippen LogP contribution in [0.1, 0.15) is 22.8 Å². The van der Waals surface area contributed by atoms with Crippen molar-refractivity contribution in [2.75, 3.05) is 0 Å². The van der Waals surface area contributed by atoms with Crippen LogP contribution in [0.2, 0.25) is 0 Å².